The van der Waals surface area contributed by atoms with Crippen LogP contribution in [0.2, 0.25) is 0 Å². The van der Waals surface area contributed by atoms with E-state index in [9.17, 15) is 0 Å². The highest BCUT2D eigenvalue weighted by Crippen LogP contribution is 2.19. The van der Waals surface area contributed by atoms with E-state index in [1.165, 1.54) is 0 Å². The summed E-state index contributed by atoms with van der Waals surface area (Å²) in [5, 5.41) is 7.59. The van der Waals surface area contributed by atoms with Crippen molar-refractivity contribution in [2.75, 3.05) is 0 Å². The van der Waals surface area contributed by atoms with Crippen LogP contribution in [0.3, 0.4) is 0 Å². The summed E-state index contributed by atoms with van der Waals surface area (Å²) in [5.41, 5.74) is 3.03. The molecule has 0 aliphatic heterocycles. The molecule has 0 aliphatic rings. The number of hydrogen-bond acceptors (Lipinski definition) is 4. The molecule has 1 N–H and O–H groups in total. The van der Waals surface area contributed by atoms with E-state index in [0.29, 0.717) is 13.2 Å². The lowest BCUT2D eigenvalue weighted by Gasteiger charge is -2.21. The Kier molecular flexibility index (Phi) is 4.63. The molecule has 0 saturated carbocycles. The Morgan fingerprint density at radius 2 is 2.05 bits per heavy atom. The van der Waals surface area contributed by atoms with Gasteiger partial charge in [0.15, 0.2) is 0 Å². The molecule has 2 aromatic rings. The van der Waals surface area contributed by atoms with Crippen molar-refractivity contribution in [2.24, 2.45) is 7.05 Å². The van der Waals surface area contributed by atoms with Crippen molar-refractivity contribution >= 4 is 0 Å². The molecule has 0 bridgehead atoms. The van der Waals surface area contributed by atoms with Gasteiger partial charge >= 0.3 is 0 Å². The van der Waals surface area contributed by atoms with Gasteiger partial charge in [0.25, 0.3) is 0 Å². The number of aromatic nitrogens is 3. The minimum absolute atomic E-state index is 0.0477. The van der Waals surface area contributed by atoms with Crippen LogP contribution in [-0.2, 0) is 20.2 Å². The van der Waals surface area contributed by atoms with Gasteiger partial charge in [0.05, 0.1) is 11.9 Å². The number of ether oxygens (including phenoxy) is 1. The fourth-order valence-corrected chi connectivity index (χ4v) is 1.91. The number of rotatable bonds is 5. The Bertz CT molecular complexity index is 599. The SMILES string of the molecule is Cc1ccc(OCc2cnn(C)c2)c(CNC(C)(C)C)n1. The first-order valence-electron chi connectivity index (χ1n) is 7.15. The van der Waals surface area contributed by atoms with Gasteiger partial charge in [0.2, 0.25) is 0 Å². The van der Waals surface area contributed by atoms with Gasteiger partial charge in [-0.15, -0.1) is 0 Å². The molecule has 0 atom stereocenters. The topological polar surface area (TPSA) is 52.0 Å². The average Bonchev–Trinajstić information content (AvgIpc) is 2.80. The first-order chi connectivity index (χ1) is 9.83. The largest absolute Gasteiger partial charge is 0.487 e. The van der Waals surface area contributed by atoms with Crippen molar-refractivity contribution in [1.82, 2.24) is 20.1 Å². The summed E-state index contributed by atoms with van der Waals surface area (Å²) < 4.78 is 7.67. The molecular formula is C16H24N4O. The van der Waals surface area contributed by atoms with E-state index in [1.54, 1.807) is 4.68 Å². The Labute approximate surface area is 126 Å². The van der Waals surface area contributed by atoms with E-state index in [4.69, 9.17) is 4.74 Å². The van der Waals surface area contributed by atoms with Crippen molar-refractivity contribution < 1.29 is 4.74 Å². The predicted octanol–water partition coefficient (Wildman–Crippen LogP) is 2.59. The standard InChI is InChI=1S/C16H24N4O/c1-12-6-7-15(14(19-12)9-17-16(2,3)4)21-11-13-8-18-20(5)10-13/h6-8,10,17H,9,11H2,1-5H3. The fourth-order valence-electron chi connectivity index (χ4n) is 1.91. The highest BCUT2D eigenvalue weighted by Gasteiger charge is 2.12. The highest BCUT2D eigenvalue weighted by molar-refractivity contribution is 5.29. The second-order valence-corrected chi connectivity index (χ2v) is 6.31. The zero-order valence-corrected chi connectivity index (χ0v) is 13.5. The molecule has 0 radical (unpaired) electrons. The van der Waals surface area contributed by atoms with Crippen LogP contribution in [0.25, 0.3) is 0 Å². The smallest absolute Gasteiger partial charge is 0.142 e. The number of nitrogens with zero attached hydrogens (tertiary/aromatic N) is 3. The van der Waals surface area contributed by atoms with Crippen LogP contribution >= 0.6 is 0 Å². The van der Waals surface area contributed by atoms with Crippen LogP contribution in [0.15, 0.2) is 24.5 Å². The van der Waals surface area contributed by atoms with E-state index in [0.717, 1.165) is 22.7 Å². The maximum atomic E-state index is 5.90. The molecule has 5 heteroatoms. The van der Waals surface area contributed by atoms with Crippen molar-refractivity contribution in [3.8, 4) is 5.75 Å². The minimum atomic E-state index is 0.0477. The molecule has 0 spiro atoms. The van der Waals surface area contributed by atoms with Gasteiger partial charge in [-0.2, -0.15) is 5.10 Å². The van der Waals surface area contributed by atoms with Crippen LogP contribution < -0.4 is 10.1 Å². The molecular weight excluding hydrogens is 264 g/mol. The van der Waals surface area contributed by atoms with Gasteiger partial charge in [-0.25, -0.2) is 0 Å². The van der Waals surface area contributed by atoms with Crippen LogP contribution in [-0.4, -0.2) is 20.3 Å². The summed E-state index contributed by atoms with van der Waals surface area (Å²) in [6.45, 7) is 9.59. The van der Waals surface area contributed by atoms with Gasteiger partial charge in [0.1, 0.15) is 12.4 Å². The second kappa shape index (κ2) is 6.26. The molecule has 0 aliphatic carbocycles. The third-order valence-electron chi connectivity index (χ3n) is 3.01. The first-order valence-corrected chi connectivity index (χ1v) is 7.15. The third kappa shape index (κ3) is 4.86. The molecule has 114 valence electrons. The molecule has 0 aromatic carbocycles. The summed E-state index contributed by atoms with van der Waals surface area (Å²) in [6, 6.07) is 3.96. The van der Waals surface area contributed by atoms with Crippen molar-refractivity contribution in [3.05, 3.63) is 41.5 Å². The Morgan fingerprint density at radius 3 is 2.67 bits per heavy atom. The lowest BCUT2D eigenvalue weighted by Crippen LogP contribution is -2.35. The van der Waals surface area contributed by atoms with Crippen molar-refractivity contribution in [3.63, 3.8) is 0 Å². The number of nitrogens with one attached hydrogen (secondary N) is 1. The molecule has 2 heterocycles. The average molecular weight is 288 g/mol. The van der Waals surface area contributed by atoms with Crippen LogP contribution in [0.1, 0.15) is 37.7 Å². The lowest BCUT2D eigenvalue weighted by molar-refractivity contribution is 0.297. The molecule has 2 aromatic heterocycles. The summed E-state index contributed by atoms with van der Waals surface area (Å²) in [7, 11) is 1.90. The van der Waals surface area contributed by atoms with Gasteiger partial charge in [-0.05, 0) is 39.8 Å². The van der Waals surface area contributed by atoms with E-state index < -0.39 is 0 Å². The number of aryl methyl sites for hydroxylation is 2. The Hall–Kier alpha value is -1.88. The molecule has 0 saturated heterocycles. The number of pyridine rings is 1. The van der Waals surface area contributed by atoms with Gasteiger partial charge in [0, 0.05) is 36.6 Å². The van der Waals surface area contributed by atoms with Gasteiger partial charge in [-0.1, -0.05) is 0 Å². The summed E-state index contributed by atoms with van der Waals surface area (Å²) in [5.74, 6) is 0.821. The normalized spacial score (nSPS) is 11.7. The first kappa shape index (κ1) is 15.5. The quantitative estimate of drug-likeness (QED) is 0.919. The van der Waals surface area contributed by atoms with Crippen LogP contribution in [0.4, 0.5) is 0 Å². The summed E-state index contributed by atoms with van der Waals surface area (Å²) >= 11 is 0. The Morgan fingerprint density at radius 1 is 1.29 bits per heavy atom. The molecule has 21 heavy (non-hydrogen) atoms. The predicted molar refractivity (Wildman–Crippen MR) is 83.1 cm³/mol. The molecule has 0 amide bonds. The molecule has 0 fully saturated rings. The zero-order valence-electron chi connectivity index (χ0n) is 13.5. The van der Waals surface area contributed by atoms with Crippen LogP contribution in [0, 0.1) is 6.92 Å². The molecule has 5 nitrogen and oxygen atoms in total. The Balaban J connectivity index is 2.07. The van der Waals surface area contributed by atoms with Crippen molar-refractivity contribution in [2.45, 2.75) is 46.4 Å². The van der Waals surface area contributed by atoms with Gasteiger partial charge in [-0.3, -0.25) is 9.67 Å². The minimum Gasteiger partial charge on any atom is -0.487 e. The fraction of sp³-hybridized carbons (Fsp3) is 0.500. The summed E-state index contributed by atoms with van der Waals surface area (Å²) in [6.07, 6.45) is 3.77. The van der Waals surface area contributed by atoms with E-state index in [2.05, 4.69) is 36.2 Å². The van der Waals surface area contributed by atoms with E-state index >= 15 is 0 Å². The third-order valence-corrected chi connectivity index (χ3v) is 3.01. The van der Waals surface area contributed by atoms with E-state index in [1.807, 2.05) is 38.5 Å². The summed E-state index contributed by atoms with van der Waals surface area (Å²) in [4.78, 5) is 4.59. The highest BCUT2D eigenvalue weighted by atomic mass is 16.5. The molecule has 2 rings (SSSR count). The molecule has 0 unspecified atom stereocenters. The monoisotopic (exact) mass is 288 g/mol. The number of hydrogen-bond donors (Lipinski definition) is 1. The zero-order chi connectivity index (χ0) is 15.5. The lowest BCUT2D eigenvalue weighted by atomic mass is 10.1. The second-order valence-electron chi connectivity index (χ2n) is 6.31. The van der Waals surface area contributed by atoms with E-state index in [-0.39, 0.29) is 5.54 Å². The maximum Gasteiger partial charge on any atom is 0.142 e. The van der Waals surface area contributed by atoms with Crippen LogP contribution in [0.5, 0.6) is 5.75 Å². The van der Waals surface area contributed by atoms with Crippen molar-refractivity contribution in [1.29, 1.82) is 0 Å². The van der Waals surface area contributed by atoms with Gasteiger partial charge < -0.3 is 10.1 Å². The maximum absolute atomic E-state index is 5.90.